The molecule has 0 bridgehead atoms. The zero-order valence-corrected chi connectivity index (χ0v) is 17.4. The Morgan fingerprint density at radius 1 is 0.645 bits per heavy atom. The third kappa shape index (κ3) is 3.17. The molecule has 2 heteroatoms. The molecule has 0 saturated heterocycles. The molecular formula is C29H22N2. The van der Waals surface area contributed by atoms with Gasteiger partial charge in [-0.25, -0.2) is 4.98 Å². The van der Waals surface area contributed by atoms with Crippen LogP contribution < -0.4 is 0 Å². The number of benzene rings is 5. The zero-order valence-electron chi connectivity index (χ0n) is 17.4. The molecule has 31 heavy (non-hydrogen) atoms. The van der Waals surface area contributed by atoms with Crippen LogP contribution in [0.1, 0.15) is 11.1 Å². The SMILES string of the molecule is Cc1ccc2nc(-c3ccc4ccccc4c3)n(Cc3ccc4ccccc4c3)c2c1. The number of nitrogens with zero attached hydrogens (tertiary/aromatic N) is 2. The summed E-state index contributed by atoms with van der Waals surface area (Å²) < 4.78 is 2.36. The van der Waals surface area contributed by atoms with Crippen LogP contribution in [0.25, 0.3) is 44.0 Å². The largest absolute Gasteiger partial charge is 0.319 e. The summed E-state index contributed by atoms with van der Waals surface area (Å²) in [6.07, 6.45) is 0. The molecule has 0 aliphatic heterocycles. The van der Waals surface area contributed by atoms with Gasteiger partial charge in [0.2, 0.25) is 0 Å². The number of hydrogen-bond donors (Lipinski definition) is 0. The van der Waals surface area contributed by atoms with Gasteiger partial charge in [0, 0.05) is 12.1 Å². The van der Waals surface area contributed by atoms with Gasteiger partial charge >= 0.3 is 0 Å². The van der Waals surface area contributed by atoms with E-state index >= 15 is 0 Å². The van der Waals surface area contributed by atoms with E-state index in [9.17, 15) is 0 Å². The average molecular weight is 399 g/mol. The van der Waals surface area contributed by atoms with Crippen molar-refractivity contribution in [2.24, 2.45) is 0 Å². The minimum Gasteiger partial charge on any atom is -0.319 e. The lowest BCUT2D eigenvalue weighted by Crippen LogP contribution is -2.02. The summed E-state index contributed by atoms with van der Waals surface area (Å²) in [6, 6.07) is 36.9. The Hall–Kier alpha value is -3.91. The summed E-state index contributed by atoms with van der Waals surface area (Å²) >= 11 is 0. The van der Waals surface area contributed by atoms with E-state index in [1.54, 1.807) is 0 Å². The van der Waals surface area contributed by atoms with Gasteiger partial charge in [-0.15, -0.1) is 0 Å². The molecule has 0 N–H and O–H groups in total. The second kappa shape index (κ2) is 7.10. The first-order chi connectivity index (χ1) is 15.2. The molecule has 0 fully saturated rings. The van der Waals surface area contributed by atoms with Crippen LogP contribution in [-0.2, 0) is 6.54 Å². The number of hydrogen-bond acceptors (Lipinski definition) is 1. The van der Waals surface area contributed by atoms with E-state index in [2.05, 4.69) is 115 Å². The van der Waals surface area contributed by atoms with E-state index in [1.165, 1.54) is 38.2 Å². The Bertz CT molecular complexity index is 1570. The fraction of sp³-hybridized carbons (Fsp3) is 0.0690. The Kier molecular flexibility index (Phi) is 4.10. The fourth-order valence-corrected chi connectivity index (χ4v) is 4.46. The first-order valence-corrected chi connectivity index (χ1v) is 10.7. The van der Waals surface area contributed by atoms with E-state index in [1.807, 2.05) is 0 Å². The first kappa shape index (κ1) is 17.9. The molecule has 0 amide bonds. The van der Waals surface area contributed by atoms with Crippen molar-refractivity contribution >= 4 is 32.6 Å². The van der Waals surface area contributed by atoms with Gasteiger partial charge in [0.15, 0.2) is 0 Å². The summed E-state index contributed by atoms with van der Waals surface area (Å²) in [7, 11) is 0. The number of aryl methyl sites for hydroxylation is 1. The van der Waals surface area contributed by atoms with Crippen LogP contribution in [0.2, 0.25) is 0 Å². The molecule has 0 aliphatic carbocycles. The van der Waals surface area contributed by atoms with Gasteiger partial charge in [-0.05, 0) is 63.9 Å². The van der Waals surface area contributed by atoms with Crippen molar-refractivity contribution in [2.75, 3.05) is 0 Å². The third-order valence-corrected chi connectivity index (χ3v) is 6.07. The van der Waals surface area contributed by atoms with Crippen LogP contribution in [0.4, 0.5) is 0 Å². The first-order valence-electron chi connectivity index (χ1n) is 10.7. The standard InChI is InChI=1S/C29H22N2/c1-20-10-15-27-28(16-20)31(19-21-11-12-22-6-2-4-8-24(22)17-21)29(30-27)26-14-13-23-7-3-5-9-25(23)18-26/h2-18H,19H2,1H3. The van der Waals surface area contributed by atoms with Crippen LogP contribution in [0.5, 0.6) is 0 Å². The predicted octanol–water partition coefficient (Wildman–Crippen LogP) is 7.37. The molecule has 0 unspecified atom stereocenters. The highest BCUT2D eigenvalue weighted by molar-refractivity contribution is 5.89. The lowest BCUT2D eigenvalue weighted by atomic mass is 10.1. The Morgan fingerprint density at radius 3 is 2.10 bits per heavy atom. The van der Waals surface area contributed by atoms with Gasteiger partial charge in [-0.3, -0.25) is 0 Å². The summed E-state index contributed by atoms with van der Waals surface area (Å²) in [4.78, 5) is 5.05. The minimum atomic E-state index is 0.785. The van der Waals surface area contributed by atoms with Crippen LogP contribution in [0.15, 0.2) is 103 Å². The van der Waals surface area contributed by atoms with Crippen molar-refractivity contribution in [3.05, 3.63) is 114 Å². The monoisotopic (exact) mass is 398 g/mol. The Labute approximate surface area is 181 Å². The molecule has 0 saturated carbocycles. The Balaban J connectivity index is 1.54. The quantitative estimate of drug-likeness (QED) is 0.304. The van der Waals surface area contributed by atoms with Crippen molar-refractivity contribution in [1.82, 2.24) is 9.55 Å². The van der Waals surface area contributed by atoms with Crippen molar-refractivity contribution < 1.29 is 0 Å². The van der Waals surface area contributed by atoms with E-state index in [0.717, 1.165) is 23.4 Å². The topological polar surface area (TPSA) is 17.8 Å². The normalized spacial score (nSPS) is 11.5. The van der Waals surface area contributed by atoms with Crippen molar-refractivity contribution in [3.8, 4) is 11.4 Å². The maximum Gasteiger partial charge on any atom is 0.141 e. The Morgan fingerprint density at radius 2 is 1.32 bits per heavy atom. The van der Waals surface area contributed by atoms with Crippen molar-refractivity contribution in [1.29, 1.82) is 0 Å². The number of fused-ring (bicyclic) bond motifs is 3. The molecule has 148 valence electrons. The minimum absolute atomic E-state index is 0.785. The third-order valence-electron chi connectivity index (χ3n) is 6.07. The van der Waals surface area contributed by atoms with Gasteiger partial charge in [0.25, 0.3) is 0 Å². The van der Waals surface area contributed by atoms with Gasteiger partial charge in [-0.1, -0.05) is 78.9 Å². The summed E-state index contributed by atoms with van der Waals surface area (Å²) in [6.45, 7) is 2.93. The molecule has 0 aliphatic rings. The van der Waals surface area contributed by atoms with Gasteiger partial charge < -0.3 is 4.57 Å². The summed E-state index contributed by atoms with van der Waals surface area (Å²) in [5, 5.41) is 5.03. The lowest BCUT2D eigenvalue weighted by Gasteiger charge is -2.12. The van der Waals surface area contributed by atoms with E-state index in [4.69, 9.17) is 4.98 Å². The highest BCUT2D eigenvalue weighted by atomic mass is 15.1. The van der Waals surface area contributed by atoms with Gasteiger partial charge in [0.1, 0.15) is 5.82 Å². The number of rotatable bonds is 3. The van der Waals surface area contributed by atoms with E-state index < -0.39 is 0 Å². The predicted molar refractivity (Wildman–Crippen MR) is 130 cm³/mol. The summed E-state index contributed by atoms with van der Waals surface area (Å²) in [5.74, 6) is 1.01. The molecule has 1 aromatic heterocycles. The maximum atomic E-state index is 5.05. The molecule has 0 radical (unpaired) electrons. The van der Waals surface area contributed by atoms with Crippen LogP contribution >= 0.6 is 0 Å². The fourth-order valence-electron chi connectivity index (χ4n) is 4.46. The number of imidazole rings is 1. The van der Waals surface area contributed by atoms with Crippen LogP contribution in [0, 0.1) is 6.92 Å². The molecule has 5 aromatic carbocycles. The second-order valence-corrected chi connectivity index (χ2v) is 8.26. The highest BCUT2D eigenvalue weighted by Gasteiger charge is 2.14. The lowest BCUT2D eigenvalue weighted by molar-refractivity contribution is 0.835. The molecule has 2 nitrogen and oxygen atoms in total. The van der Waals surface area contributed by atoms with Crippen molar-refractivity contribution in [3.63, 3.8) is 0 Å². The average Bonchev–Trinajstić information content (AvgIpc) is 3.16. The van der Waals surface area contributed by atoms with E-state index in [0.29, 0.717) is 0 Å². The molecular weight excluding hydrogens is 376 g/mol. The molecule has 1 heterocycles. The number of aromatic nitrogens is 2. The molecule has 0 spiro atoms. The molecule has 0 atom stereocenters. The zero-order chi connectivity index (χ0) is 20.8. The van der Waals surface area contributed by atoms with Gasteiger partial charge in [0.05, 0.1) is 11.0 Å². The van der Waals surface area contributed by atoms with Crippen LogP contribution in [-0.4, -0.2) is 9.55 Å². The van der Waals surface area contributed by atoms with E-state index in [-0.39, 0.29) is 0 Å². The van der Waals surface area contributed by atoms with Gasteiger partial charge in [-0.2, -0.15) is 0 Å². The van der Waals surface area contributed by atoms with Crippen molar-refractivity contribution in [2.45, 2.75) is 13.5 Å². The maximum absolute atomic E-state index is 5.05. The highest BCUT2D eigenvalue weighted by Crippen LogP contribution is 2.29. The second-order valence-electron chi connectivity index (χ2n) is 8.26. The molecule has 6 aromatic rings. The van der Waals surface area contributed by atoms with Crippen LogP contribution in [0.3, 0.4) is 0 Å². The molecule has 6 rings (SSSR count). The summed E-state index contributed by atoms with van der Waals surface area (Å²) in [5.41, 5.74) is 5.89. The smallest absolute Gasteiger partial charge is 0.141 e.